The average molecular weight is 771 g/mol. The third kappa shape index (κ3) is 6.07. The summed E-state index contributed by atoms with van der Waals surface area (Å²) in [6.07, 6.45) is 10.6. The van der Waals surface area contributed by atoms with Crippen molar-refractivity contribution in [3.63, 3.8) is 0 Å². The highest BCUT2D eigenvalue weighted by molar-refractivity contribution is 5.11. The minimum absolute atomic E-state index is 0.0991. The quantitative estimate of drug-likeness (QED) is 0.283. The van der Waals surface area contributed by atoms with E-state index < -0.39 is 47.9 Å². The number of rotatable bonds is 10. The van der Waals surface area contributed by atoms with Gasteiger partial charge in [0.25, 0.3) is 0 Å². The summed E-state index contributed by atoms with van der Waals surface area (Å²) >= 11 is 0. The maximum atomic E-state index is 6.57. The summed E-state index contributed by atoms with van der Waals surface area (Å²) in [6, 6.07) is 0. The van der Waals surface area contributed by atoms with Crippen LogP contribution in [-0.4, -0.2) is 77.9 Å². The molecule has 16 nitrogen and oxygen atoms in total. The van der Waals surface area contributed by atoms with Crippen molar-refractivity contribution in [2.75, 3.05) is 0 Å². The molecule has 2 aromatic heterocycles. The van der Waals surface area contributed by atoms with Gasteiger partial charge in [0, 0.05) is 49.6 Å². The molecule has 4 bridgehead atoms. The maximum absolute atomic E-state index is 6.57. The molecule has 10 heterocycles. The molecular formula is C39H58N6O10. The van der Waals surface area contributed by atoms with Crippen molar-refractivity contribution >= 4 is 0 Å². The van der Waals surface area contributed by atoms with E-state index in [4.69, 9.17) is 48.0 Å². The smallest absolute Gasteiger partial charge is 0.201 e. The van der Waals surface area contributed by atoms with Crippen LogP contribution in [0.3, 0.4) is 0 Å². The third-order valence-electron chi connectivity index (χ3n) is 14.9. The summed E-state index contributed by atoms with van der Waals surface area (Å²) in [4.78, 5) is 24.4. The summed E-state index contributed by atoms with van der Waals surface area (Å²) in [5, 5.41) is 17.5. The Kier molecular flexibility index (Phi) is 9.28. The first-order valence-corrected chi connectivity index (χ1v) is 20.9. The van der Waals surface area contributed by atoms with Crippen LogP contribution < -0.4 is 0 Å². The van der Waals surface area contributed by atoms with E-state index in [1.807, 2.05) is 35.6 Å². The van der Waals surface area contributed by atoms with Crippen molar-refractivity contribution in [3.8, 4) is 0 Å². The lowest BCUT2D eigenvalue weighted by molar-refractivity contribution is -0.577. The molecule has 8 saturated heterocycles. The van der Waals surface area contributed by atoms with Gasteiger partial charge in [-0.3, -0.25) is 9.36 Å². The number of fused-ring (bicyclic) bond motifs is 4. The fourth-order valence-electron chi connectivity index (χ4n) is 11.9. The molecule has 12 rings (SSSR count). The fourth-order valence-corrected chi connectivity index (χ4v) is 11.9. The van der Waals surface area contributed by atoms with Crippen molar-refractivity contribution < 1.29 is 48.0 Å². The minimum Gasteiger partial charge on any atom is -0.346 e. The predicted molar refractivity (Wildman–Crippen MR) is 188 cm³/mol. The number of hydrogen-bond donors (Lipinski definition) is 0. The topological polar surface area (TPSA) is 154 Å². The summed E-state index contributed by atoms with van der Waals surface area (Å²) in [5.74, 6) is 0.661. The summed E-state index contributed by atoms with van der Waals surface area (Å²) in [7, 11) is 0. The second kappa shape index (κ2) is 13.7. The van der Waals surface area contributed by atoms with Crippen LogP contribution in [0.15, 0.2) is 12.4 Å². The van der Waals surface area contributed by atoms with E-state index in [0.717, 1.165) is 69.2 Å². The molecule has 0 N–H and O–H groups in total. The molecule has 2 aromatic rings. The first-order chi connectivity index (χ1) is 26.5. The zero-order valence-corrected chi connectivity index (χ0v) is 33.0. The van der Waals surface area contributed by atoms with Crippen molar-refractivity contribution in [2.45, 2.75) is 174 Å². The average Bonchev–Trinajstić information content (AvgIpc) is 3.68. The molecule has 0 radical (unpaired) electrons. The van der Waals surface area contributed by atoms with Gasteiger partial charge < -0.3 is 28.4 Å². The molecule has 0 aromatic carbocycles. The first-order valence-electron chi connectivity index (χ1n) is 20.9. The van der Waals surface area contributed by atoms with E-state index in [0.29, 0.717) is 50.0 Å². The molecule has 2 unspecified atom stereocenters. The molecule has 8 aliphatic heterocycles. The number of nitrogens with zero attached hydrogens (tertiary/aromatic N) is 6. The van der Waals surface area contributed by atoms with E-state index in [1.165, 1.54) is 0 Å². The Bertz CT molecular complexity index is 1590. The van der Waals surface area contributed by atoms with Crippen molar-refractivity contribution in [2.24, 2.45) is 47.3 Å². The molecule has 16 heteroatoms. The second-order valence-corrected chi connectivity index (χ2v) is 18.5. The fraction of sp³-hybridized carbons (Fsp3) is 0.897. The zero-order chi connectivity index (χ0) is 37.7. The van der Waals surface area contributed by atoms with Crippen LogP contribution in [0.5, 0.6) is 0 Å². The summed E-state index contributed by atoms with van der Waals surface area (Å²) in [5.41, 5.74) is 0.291. The zero-order valence-electron chi connectivity index (χ0n) is 33.0. The Labute approximate surface area is 322 Å². The van der Waals surface area contributed by atoms with Gasteiger partial charge >= 0.3 is 0 Å². The Morgan fingerprint density at radius 1 is 0.618 bits per heavy atom. The van der Waals surface area contributed by atoms with Crippen LogP contribution in [-0.2, 0) is 74.3 Å². The molecule has 16 atom stereocenters. The molecule has 10 fully saturated rings. The molecule has 304 valence electrons. The Morgan fingerprint density at radius 2 is 1.07 bits per heavy atom. The van der Waals surface area contributed by atoms with E-state index in [1.54, 1.807) is 0 Å². The number of aryl methyl sites for hydroxylation is 2. The SMILES string of the molecule is C[C@H]1[C@H](OCc2cn(CCCn3cc(CO[C@@H]4O[C@@H]5OC6(C)CC[C@H]7[C@H](C)CC[C@@H]([C@H]4C)[C@@]57OO6)nn3)nn2)O[C@@H]2OC3(C)CC[C@H]4[C@H](C)CC[C@@H]1[C@@]24OO3. The number of hydrogen-bond acceptors (Lipinski definition) is 14. The molecular weight excluding hydrogens is 712 g/mol. The van der Waals surface area contributed by atoms with Crippen LogP contribution in [0.1, 0.15) is 111 Å². The van der Waals surface area contributed by atoms with Gasteiger partial charge in [-0.2, -0.15) is 0 Å². The van der Waals surface area contributed by atoms with Gasteiger partial charge in [-0.25, -0.2) is 19.6 Å². The molecule has 55 heavy (non-hydrogen) atoms. The molecule has 10 aliphatic rings. The van der Waals surface area contributed by atoms with Crippen molar-refractivity contribution in [1.82, 2.24) is 30.0 Å². The third-order valence-corrected chi connectivity index (χ3v) is 14.9. The Hall–Kier alpha value is -2.12. The Balaban J connectivity index is 0.708. The minimum atomic E-state index is -0.812. The second-order valence-electron chi connectivity index (χ2n) is 18.5. The van der Waals surface area contributed by atoms with Gasteiger partial charge in [-0.1, -0.05) is 38.1 Å². The number of ether oxygens (including phenoxy) is 6. The highest BCUT2D eigenvalue weighted by Crippen LogP contribution is 2.62. The van der Waals surface area contributed by atoms with E-state index in [9.17, 15) is 0 Å². The van der Waals surface area contributed by atoms with Crippen LogP contribution >= 0.6 is 0 Å². The van der Waals surface area contributed by atoms with Gasteiger partial charge in [0.05, 0.1) is 25.6 Å². The normalized spacial score (nSPS) is 48.5. The molecule has 2 saturated carbocycles. The van der Waals surface area contributed by atoms with Gasteiger partial charge in [-0.15, -0.1) is 10.2 Å². The van der Waals surface area contributed by atoms with Crippen LogP contribution in [0.4, 0.5) is 0 Å². The molecule has 2 aliphatic carbocycles. The van der Waals surface area contributed by atoms with Gasteiger partial charge in [-0.05, 0) is 82.5 Å². The van der Waals surface area contributed by atoms with Crippen LogP contribution in [0, 0.1) is 47.3 Å². The monoisotopic (exact) mass is 770 g/mol. The van der Waals surface area contributed by atoms with E-state index >= 15 is 0 Å². The lowest BCUT2D eigenvalue weighted by Gasteiger charge is -2.60. The van der Waals surface area contributed by atoms with E-state index in [2.05, 4.69) is 48.3 Å². The Morgan fingerprint density at radius 3 is 1.53 bits per heavy atom. The predicted octanol–water partition coefficient (Wildman–Crippen LogP) is 5.41. The largest absolute Gasteiger partial charge is 0.346 e. The van der Waals surface area contributed by atoms with Crippen molar-refractivity contribution in [1.29, 1.82) is 0 Å². The standard InChI is InChI=1S/C39H58N6O10/c1-22-8-10-30-24(3)32(48-34-38(30)28(22)12-14-36(5,50-34)52-54-38)46-20-26-18-44(42-40-26)16-7-17-45-19-27(41-43-45)21-47-33-25(4)31-11-9-23(2)29-13-15-37(6)51-35(49-33)39(29,31)55-53-37/h18-19,22-25,28-35H,7-17,20-21H2,1-6H3/t22-,23-,24-,25-,28+,29+,30+,31+,32-,33-,34-,35-,36?,37?,38-,39-/m1/s1. The molecule has 2 spiro atoms. The van der Waals surface area contributed by atoms with Crippen LogP contribution in [0.2, 0.25) is 0 Å². The molecule has 0 amide bonds. The highest BCUT2D eigenvalue weighted by atomic mass is 17.3. The van der Waals surface area contributed by atoms with Gasteiger partial charge in [0.15, 0.2) is 36.4 Å². The summed E-state index contributed by atoms with van der Waals surface area (Å²) in [6.45, 7) is 14.8. The summed E-state index contributed by atoms with van der Waals surface area (Å²) < 4.78 is 42.5. The lowest BCUT2D eigenvalue weighted by atomic mass is 9.58. The first kappa shape index (κ1) is 37.2. The maximum Gasteiger partial charge on any atom is 0.201 e. The van der Waals surface area contributed by atoms with Gasteiger partial charge in [0.2, 0.25) is 11.6 Å². The lowest BCUT2D eigenvalue weighted by Crippen LogP contribution is -2.70. The van der Waals surface area contributed by atoms with Crippen LogP contribution in [0.25, 0.3) is 0 Å². The van der Waals surface area contributed by atoms with E-state index in [-0.39, 0.29) is 23.7 Å². The highest BCUT2D eigenvalue weighted by Gasteiger charge is 2.71. The van der Waals surface area contributed by atoms with Crippen molar-refractivity contribution in [3.05, 3.63) is 23.8 Å². The van der Waals surface area contributed by atoms with Gasteiger partial charge in [0.1, 0.15) is 11.4 Å². The number of aromatic nitrogens is 6.